The Bertz CT molecular complexity index is 407. The van der Waals surface area contributed by atoms with E-state index in [-0.39, 0.29) is 11.5 Å². The molecule has 0 bridgehead atoms. The molecular formula is C12H13F2N. The standard InChI is InChI=1S/C12H13F2N/c1-8(2)12(3,7-15)10-6-9(13)4-5-11(10)14/h4-6,8H,1-3H3. The maximum atomic E-state index is 13.5. The van der Waals surface area contributed by atoms with Gasteiger partial charge in [-0.05, 0) is 31.0 Å². The van der Waals surface area contributed by atoms with Gasteiger partial charge in [0.25, 0.3) is 0 Å². The van der Waals surface area contributed by atoms with Gasteiger partial charge in [0.2, 0.25) is 0 Å². The van der Waals surface area contributed by atoms with Crippen LogP contribution in [0.3, 0.4) is 0 Å². The summed E-state index contributed by atoms with van der Waals surface area (Å²) < 4.78 is 26.5. The molecule has 0 amide bonds. The van der Waals surface area contributed by atoms with Crippen molar-refractivity contribution >= 4 is 0 Å². The molecule has 0 aromatic heterocycles. The van der Waals surface area contributed by atoms with Crippen molar-refractivity contribution in [3.8, 4) is 6.07 Å². The van der Waals surface area contributed by atoms with E-state index in [1.54, 1.807) is 6.92 Å². The van der Waals surface area contributed by atoms with Gasteiger partial charge in [-0.15, -0.1) is 0 Å². The molecule has 0 spiro atoms. The van der Waals surface area contributed by atoms with E-state index in [2.05, 4.69) is 6.07 Å². The van der Waals surface area contributed by atoms with E-state index < -0.39 is 17.0 Å². The second-order valence-electron chi connectivity index (χ2n) is 4.09. The second kappa shape index (κ2) is 3.98. The first kappa shape index (κ1) is 11.6. The molecule has 1 rings (SSSR count). The zero-order chi connectivity index (χ0) is 11.6. The van der Waals surface area contributed by atoms with Crippen molar-refractivity contribution in [2.45, 2.75) is 26.2 Å². The Morgan fingerprint density at radius 2 is 1.93 bits per heavy atom. The monoisotopic (exact) mass is 209 g/mol. The molecule has 0 saturated heterocycles. The Morgan fingerprint density at radius 3 is 2.40 bits per heavy atom. The largest absolute Gasteiger partial charge is 0.207 e. The van der Waals surface area contributed by atoms with Crippen molar-refractivity contribution in [1.29, 1.82) is 5.26 Å². The van der Waals surface area contributed by atoms with E-state index in [9.17, 15) is 8.78 Å². The van der Waals surface area contributed by atoms with Crippen molar-refractivity contribution in [2.75, 3.05) is 0 Å². The number of nitriles is 1. The molecular weight excluding hydrogens is 196 g/mol. The maximum Gasteiger partial charge on any atom is 0.128 e. The van der Waals surface area contributed by atoms with Gasteiger partial charge in [0.15, 0.2) is 0 Å². The van der Waals surface area contributed by atoms with Crippen LogP contribution in [0.25, 0.3) is 0 Å². The summed E-state index contributed by atoms with van der Waals surface area (Å²) in [6.45, 7) is 5.25. The second-order valence-corrected chi connectivity index (χ2v) is 4.09. The molecule has 15 heavy (non-hydrogen) atoms. The fourth-order valence-corrected chi connectivity index (χ4v) is 1.40. The van der Waals surface area contributed by atoms with Gasteiger partial charge in [-0.2, -0.15) is 5.26 Å². The van der Waals surface area contributed by atoms with Crippen LogP contribution in [0.1, 0.15) is 26.3 Å². The summed E-state index contributed by atoms with van der Waals surface area (Å²) in [4.78, 5) is 0. The topological polar surface area (TPSA) is 23.8 Å². The summed E-state index contributed by atoms with van der Waals surface area (Å²) in [6.07, 6.45) is 0. The molecule has 0 aliphatic heterocycles. The smallest absolute Gasteiger partial charge is 0.128 e. The van der Waals surface area contributed by atoms with Crippen molar-refractivity contribution in [3.05, 3.63) is 35.4 Å². The van der Waals surface area contributed by atoms with E-state index in [1.165, 1.54) is 0 Å². The average Bonchev–Trinajstić information content (AvgIpc) is 2.20. The highest BCUT2D eigenvalue weighted by molar-refractivity contribution is 5.33. The van der Waals surface area contributed by atoms with Crippen LogP contribution in [0.2, 0.25) is 0 Å². The number of hydrogen-bond donors (Lipinski definition) is 0. The number of benzene rings is 1. The average molecular weight is 209 g/mol. The molecule has 0 aliphatic rings. The molecule has 0 saturated carbocycles. The Balaban J connectivity index is 3.37. The summed E-state index contributed by atoms with van der Waals surface area (Å²) in [7, 11) is 0. The Kier molecular flexibility index (Phi) is 3.09. The number of rotatable bonds is 2. The molecule has 1 aromatic carbocycles. The summed E-state index contributed by atoms with van der Waals surface area (Å²) in [5.41, 5.74) is -0.869. The molecule has 0 aliphatic carbocycles. The first-order chi connectivity index (χ1) is 6.91. The lowest BCUT2D eigenvalue weighted by atomic mass is 9.74. The van der Waals surface area contributed by atoms with Gasteiger partial charge < -0.3 is 0 Å². The minimum Gasteiger partial charge on any atom is -0.207 e. The van der Waals surface area contributed by atoms with Crippen LogP contribution < -0.4 is 0 Å². The highest BCUT2D eigenvalue weighted by Gasteiger charge is 2.33. The summed E-state index contributed by atoms with van der Waals surface area (Å²) >= 11 is 0. The Labute approximate surface area is 88.3 Å². The van der Waals surface area contributed by atoms with Gasteiger partial charge in [-0.1, -0.05) is 13.8 Å². The van der Waals surface area contributed by atoms with Gasteiger partial charge in [0, 0.05) is 5.56 Å². The Hall–Kier alpha value is -1.43. The predicted octanol–water partition coefficient (Wildman–Crippen LogP) is 3.40. The lowest BCUT2D eigenvalue weighted by Gasteiger charge is -2.26. The van der Waals surface area contributed by atoms with Crippen molar-refractivity contribution in [1.82, 2.24) is 0 Å². The van der Waals surface area contributed by atoms with Crippen molar-refractivity contribution in [2.24, 2.45) is 5.92 Å². The fraction of sp³-hybridized carbons (Fsp3) is 0.417. The molecule has 0 fully saturated rings. The molecule has 1 nitrogen and oxygen atoms in total. The van der Waals surface area contributed by atoms with Gasteiger partial charge >= 0.3 is 0 Å². The zero-order valence-electron chi connectivity index (χ0n) is 9.01. The summed E-state index contributed by atoms with van der Waals surface area (Å²) in [5.74, 6) is -1.14. The Morgan fingerprint density at radius 1 is 1.33 bits per heavy atom. The highest BCUT2D eigenvalue weighted by Crippen LogP contribution is 2.33. The van der Waals surface area contributed by atoms with Crippen LogP contribution in [-0.2, 0) is 5.41 Å². The number of nitrogens with zero attached hydrogens (tertiary/aromatic N) is 1. The molecule has 0 N–H and O–H groups in total. The third-order valence-corrected chi connectivity index (χ3v) is 2.87. The van der Waals surface area contributed by atoms with Gasteiger partial charge in [0.1, 0.15) is 11.6 Å². The van der Waals surface area contributed by atoms with Crippen LogP contribution in [-0.4, -0.2) is 0 Å². The van der Waals surface area contributed by atoms with E-state index in [0.717, 1.165) is 18.2 Å². The first-order valence-corrected chi connectivity index (χ1v) is 4.78. The molecule has 0 radical (unpaired) electrons. The van der Waals surface area contributed by atoms with E-state index >= 15 is 0 Å². The van der Waals surface area contributed by atoms with E-state index in [0.29, 0.717) is 0 Å². The van der Waals surface area contributed by atoms with E-state index in [4.69, 9.17) is 5.26 Å². The lowest BCUT2D eigenvalue weighted by molar-refractivity contribution is 0.408. The third kappa shape index (κ3) is 1.99. The number of halogens is 2. The van der Waals surface area contributed by atoms with E-state index in [1.807, 2.05) is 13.8 Å². The summed E-state index contributed by atoms with van der Waals surface area (Å²) in [6, 6.07) is 5.26. The molecule has 1 atom stereocenters. The minimum atomic E-state index is -0.994. The summed E-state index contributed by atoms with van der Waals surface area (Å²) in [5, 5.41) is 9.09. The quantitative estimate of drug-likeness (QED) is 0.732. The fourth-order valence-electron chi connectivity index (χ4n) is 1.40. The van der Waals surface area contributed by atoms with Gasteiger partial charge in [0.05, 0.1) is 11.5 Å². The van der Waals surface area contributed by atoms with Crippen LogP contribution in [0, 0.1) is 28.9 Å². The predicted molar refractivity (Wildman–Crippen MR) is 54.2 cm³/mol. The molecule has 1 aromatic rings. The maximum absolute atomic E-state index is 13.5. The first-order valence-electron chi connectivity index (χ1n) is 4.78. The van der Waals surface area contributed by atoms with Crippen molar-refractivity contribution in [3.63, 3.8) is 0 Å². The van der Waals surface area contributed by atoms with Crippen LogP contribution in [0.4, 0.5) is 8.78 Å². The lowest BCUT2D eigenvalue weighted by Crippen LogP contribution is -2.28. The molecule has 3 heteroatoms. The number of hydrogen-bond acceptors (Lipinski definition) is 1. The van der Waals surface area contributed by atoms with Crippen LogP contribution >= 0.6 is 0 Å². The third-order valence-electron chi connectivity index (χ3n) is 2.87. The van der Waals surface area contributed by atoms with Crippen LogP contribution in [0.5, 0.6) is 0 Å². The van der Waals surface area contributed by atoms with Gasteiger partial charge in [-0.25, -0.2) is 8.78 Å². The van der Waals surface area contributed by atoms with Crippen LogP contribution in [0.15, 0.2) is 18.2 Å². The zero-order valence-corrected chi connectivity index (χ0v) is 9.01. The molecule has 80 valence electrons. The minimum absolute atomic E-state index is 0.0844. The normalized spacial score (nSPS) is 14.7. The molecule has 0 heterocycles. The van der Waals surface area contributed by atoms with Gasteiger partial charge in [-0.3, -0.25) is 0 Å². The van der Waals surface area contributed by atoms with Crippen molar-refractivity contribution < 1.29 is 8.78 Å². The highest BCUT2D eigenvalue weighted by atomic mass is 19.1. The SMILES string of the molecule is CC(C)C(C)(C#N)c1cc(F)ccc1F. The molecule has 1 unspecified atom stereocenters.